The number of rotatable bonds is 24. The Labute approximate surface area is 308 Å². The third kappa shape index (κ3) is 11.1. The molecule has 0 bridgehead atoms. The van der Waals surface area contributed by atoms with Crippen molar-refractivity contribution in [3.8, 4) is 29.3 Å². The number of carbonyl (C=O) groups is 1. The third-order valence-corrected chi connectivity index (χ3v) is 14.4. The van der Waals surface area contributed by atoms with Gasteiger partial charge in [0.1, 0.15) is 4.88 Å². The van der Waals surface area contributed by atoms with Crippen molar-refractivity contribution in [2.24, 2.45) is 0 Å². The third-order valence-electron chi connectivity index (χ3n) is 9.41. The molecule has 0 fully saturated rings. The van der Waals surface area contributed by atoms with Gasteiger partial charge in [-0.25, -0.2) is 4.79 Å². The standard InChI is InChI=1S/C42H60O2S4/c1-6-10-14-18-22-31-26-27-45-38(31)35-28-32(23-19-15-11-7-2)39(46-35)36-29-33(24-20-16-12-8-3)40(47-36)37-30-34(25-21-17-13-9-4)41(48-37)42(43)44-5/h26-30H,6-25H2,1-5H3. The summed E-state index contributed by atoms with van der Waals surface area (Å²) < 4.78 is 5.28. The lowest BCUT2D eigenvalue weighted by Gasteiger charge is -2.02. The molecule has 0 aliphatic carbocycles. The largest absolute Gasteiger partial charge is 0.465 e. The van der Waals surface area contributed by atoms with Gasteiger partial charge in [-0.1, -0.05) is 105 Å². The van der Waals surface area contributed by atoms with E-state index in [-0.39, 0.29) is 5.97 Å². The molecular formula is C42H60O2S4. The van der Waals surface area contributed by atoms with Crippen molar-refractivity contribution in [2.75, 3.05) is 7.11 Å². The Balaban J connectivity index is 1.73. The zero-order chi connectivity index (χ0) is 34.1. The lowest BCUT2D eigenvalue weighted by atomic mass is 10.0. The summed E-state index contributed by atoms with van der Waals surface area (Å²) in [6.07, 6.45) is 24.5. The summed E-state index contributed by atoms with van der Waals surface area (Å²) in [4.78, 5) is 22.2. The van der Waals surface area contributed by atoms with E-state index in [9.17, 15) is 4.79 Å². The molecule has 0 atom stereocenters. The number of hydrogen-bond donors (Lipinski definition) is 0. The monoisotopic (exact) mass is 724 g/mol. The molecule has 0 saturated carbocycles. The lowest BCUT2D eigenvalue weighted by molar-refractivity contribution is 0.0605. The highest BCUT2D eigenvalue weighted by Crippen LogP contribution is 2.48. The van der Waals surface area contributed by atoms with E-state index < -0.39 is 0 Å². The molecule has 4 aromatic heterocycles. The smallest absolute Gasteiger partial charge is 0.348 e. The summed E-state index contributed by atoms with van der Waals surface area (Å²) in [5.41, 5.74) is 5.69. The Bertz CT molecular complexity index is 1500. The van der Waals surface area contributed by atoms with Gasteiger partial charge in [0, 0.05) is 29.3 Å². The number of hydrogen-bond acceptors (Lipinski definition) is 6. The van der Waals surface area contributed by atoms with Crippen LogP contribution in [0.4, 0.5) is 0 Å². The van der Waals surface area contributed by atoms with Crippen molar-refractivity contribution in [3.63, 3.8) is 0 Å². The molecule has 0 radical (unpaired) electrons. The second-order valence-corrected chi connectivity index (χ2v) is 17.5. The summed E-state index contributed by atoms with van der Waals surface area (Å²) in [5.74, 6) is -0.184. The van der Waals surface area contributed by atoms with Crippen LogP contribution in [0.2, 0.25) is 0 Å². The van der Waals surface area contributed by atoms with E-state index >= 15 is 0 Å². The quantitative estimate of drug-likeness (QED) is 0.0531. The van der Waals surface area contributed by atoms with Crippen molar-refractivity contribution in [1.29, 1.82) is 0 Å². The van der Waals surface area contributed by atoms with E-state index in [1.165, 1.54) is 161 Å². The molecule has 6 heteroatoms. The van der Waals surface area contributed by atoms with Crippen LogP contribution in [-0.4, -0.2) is 13.1 Å². The van der Waals surface area contributed by atoms with E-state index in [1.807, 2.05) is 34.0 Å². The van der Waals surface area contributed by atoms with E-state index in [0.717, 1.165) is 30.6 Å². The Morgan fingerprint density at radius 3 is 1.42 bits per heavy atom. The topological polar surface area (TPSA) is 26.3 Å². The number of ether oxygens (including phenoxy) is 1. The number of thiophene rings is 4. The van der Waals surface area contributed by atoms with Gasteiger partial charge in [-0.15, -0.1) is 45.3 Å². The van der Waals surface area contributed by atoms with Crippen LogP contribution < -0.4 is 0 Å². The van der Waals surface area contributed by atoms with Crippen LogP contribution in [-0.2, 0) is 30.4 Å². The first-order valence-electron chi connectivity index (χ1n) is 19.1. The van der Waals surface area contributed by atoms with E-state index in [2.05, 4.69) is 57.3 Å². The van der Waals surface area contributed by atoms with Gasteiger partial charge in [-0.2, -0.15) is 0 Å². The summed E-state index contributed by atoms with van der Waals surface area (Å²) in [5, 5.41) is 2.30. The fourth-order valence-corrected chi connectivity index (χ4v) is 11.5. The van der Waals surface area contributed by atoms with Gasteiger partial charge < -0.3 is 4.74 Å². The average molecular weight is 725 g/mol. The van der Waals surface area contributed by atoms with Crippen LogP contribution in [0.15, 0.2) is 29.6 Å². The van der Waals surface area contributed by atoms with E-state index in [4.69, 9.17) is 4.74 Å². The van der Waals surface area contributed by atoms with Gasteiger partial charge in [0.2, 0.25) is 0 Å². The number of aryl methyl sites for hydroxylation is 4. The molecule has 0 aromatic carbocycles. The zero-order valence-corrected chi connectivity index (χ0v) is 33.7. The van der Waals surface area contributed by atoms with Crippen molar-refractivity contribution in [1.82, 2.24) is 0 Å². The van der Waals surface area contributed by atoms with Gasteiger partial charge in [-0.3, -0.25) is 0 Å². The van der Waals surface area contributed by atoms with Crippen LogP contribution in [0.5, 0.6) is 0 Å². The molecule has 0 unspecified atom stereocenters. The first kappa shape index (κ1) is 39.1. The highest BCUT2D eigenvalue weighted by atomic mass is 32.1. The highest BCUT2D eigenvalue weighted by molar-refractivity contribution is 7.28. The highest BCUT2D eigenvalue weighted by Gasteiger charge is 2.23. The maximum absolute atomic E-state index is 13.0. The van der Waals surface area contributed by atoms with Gasteiger partial charge in [0.05, 0.1) is 7.11 Å². The molecule has 264 valence electrons. The van der Waals surface area contributed by atoms with E-state index in [0.29, 0.717) is 0 Å². The minimum absolute atomic E-state index is 0.184. The fourth-order valence-electron chi connectivity index (χ4n) is 6.58. The molecule has 0 aliphatic rings. The van der Waals surface area contributed by atoms with Crippen LogP contribution in [0.25, 0.3) is 29.3 Å². The van der Waals surface area contributed by atoms with Crippen LogP contribution in [0.3, 0.4) is 0 Å². The molecule has 0 aliphatic heterocycles. The Morgan fingerprint density at radius 2 is 0.938 bits per heavy atom. The molecule has 0 saturated heterocycles. The lowest BCUT2D eigenvalue weighted by Crippen LogP contribution is -2.01. The average Bonchev–Trinajstić information content (AvgIpc) is 3.90. The summed E-state index contributed by atoms with van der Waals surface area (Å²) >= 11 is 7.57. The SMILES string of the molecule is CCCCCCc1cc(-c2sc(-c3sc(-c4sccc4CCCCCC)cc3CCCCCC)cc2CCCCCC)sc1C(=O)OC. The molecule has 4 heterocycles. The van der Waals surface area contributed by atoms with Gasteiger partial charge >= 0.3 is 5.97 Å². The van der Waals surface area contributed by atoms with E-state index in [1.54, 1.807) is 11.3 Å². The van der Waals surface area contributed by atoms with Crippen molar-refractivity contribution >= 4 is 51.3 Å². The number of unbranched alkanes of at least 4 members (excludes halogenated alkanes) is 12. The number of esters is 1. The van der Waals surface area contributed by atoms with Crippen LogP contribution in [0.1, 0.15) is 162 Å². The molecule has 0 N–H and O–H groups in total. The van der Waals surface area contributed by atoms with Crippen LogP contribution in [0, 0.1) is 0 Å². The van der Waals surface area contributed by atoms with Gasteiger partial charge in [-0.05, 0) is 103 Å². The molecular weight excluding hydrogens is 665 g/mol. The first-order chi connectivity index (χ1) is 23.5. The minimum Gasteiger partial charge on any atom is -0.465 e. The minimum atomic E-state index is -0.184. The molecule has 0 amide bonds. The number of methoxy groups -OCH3 is 1. The van der Waals surface area contributed by atoms with Gasteiger partial charge in [0.25, 0.3) is 0 Å². The summed E-state index contributed by atoms with van der Waals surface area (Å²) in [6.45, 7) is 9.13. The molecule has 4 aromatic rings. The maximum atomic E-state index is 13.0. The summed E-state index contributed by atoms with van der Waals surface area (Å²) in [7, 11) is 1.52. The fraction of sp³-hybridized carbons (Fsp3) is 0.595. The summed E-state index contributed by atoms with van der Waals surface area (Å²) in [6, 6.07) is 9.77. The Morgan fingerprint density at radius 1 is 0.521 bits per heavy atom. The normalized spacial score (nSPS) is 11.5. The Hall–Kier alpha value is -1.73. The Kier molecular flexibility index (Phi) is 17.5. The number of carbonyl (C=O) groups excluding carboxylic acids is 1. The molecule has 2 nitrogen and oxygen atoms in total. The van der Waals surface area contributed by atoms with Gasteiger partial charge in [0.15, 0.2) is 0 Å². The van der Waals surface area contributed by atoms with Crippen molar-refractivity contribution in [3.05, 3.63) is 56.8 Å². The van der Waals surface area contributed by atoms with Crippen LogP contribution >= 0.6 is 45.3 Å². The second-order valence-electron chi connectivity index (χ2n) is 13.4. The molecule has 4 rings (SSSR count). The predicted molar refractivity (Wildman–Crippen MR) is 217 cm³/mol. The predicted octanol–water partition coefficient (Wildman–Crippen LogP) is 15.2. The maximum Gasteiger partial charge on any atom is 0.348 e. The first-order valence-corrected chi connectivity index (χ1v) is 22.4. The zero-order valence-electron chi connectivity index (χ0n) is 30.5. The van der Waals surface area contributed by atoms with Crippen molar-refractivity contribution < 1.29 is 9.53 Å². The molecule has 48 heavy (non-hydrogen) atoms. The van der Waals surface area contributed by atoms with Crippen molar-refractivity contribution in [2.45, 2.75) is 156 Å². The second kappa shape index (κ2) is 21.5. The molecule has 0 spiro atoms.